The number of hydrogen-bond donors (Lipinski definition) is 3. The van der Waals surface area contributed by atoms with Gasteiger partial charge in [-0.15, -0.1) is 0 Å². The molecule has 5 rings (SSSR count). The van der Waals surface area contributed by atoms with Crippen LogP contribution in [0.2, 0.25) is 0 Å². The largest absolute Gasteiger partial charge is 0.354 e. The molecule has 4 aromatic rings. The first-order valence-electron chi connectivity index (χ1n) is 14.8. The van der Waals surface area contributed by atoms with Crippen molar-refractivity contribution in [2.45, 2.75) is 44.7 Å². The summed E-state index contributed by atoms with van der Waals surface area (Å²) in [7, 11) is 1.78. The van der Waals surface area contributed by atoms with Crippen LogP contribution in [-0.4, -0.2) is 61.4 Å². The van der Waals surface area contributed by atoms with E-state index < -0.39 is 6.04 Å². The zero-order chi connectivity index (χ0) is 29.5. The van der Waals surface area contributed by atoms with Gasteiger partial charge in [0.1, 0.15) is 6.04 Å². The van der Waals surface area contributed by atoms with E-state index in [0.717, 1.165) is 58.6 Å². The average Bonchev–Trinajstić information content (AvgIpc) is 3.02. The lowest BCUT2D eigenvalue weighted by Gasteiger charge is -2.33. The van der Waals surface area contributed by atoms with E-state index in [9.17, 15) is 14.4 Å². The molecule has 42 heavy (non-hydrogen) atoms. The minimum Gasteiger partial charge on any atom is -0.354 e. The Morgan fingerprint density at radius 1 is 0.810 bits per heavy atom. The lowest BCUT2D eigenvalue weighted by atomic mass is 9.95. The van der Waals surface area contributed by atoms with Gasteiger partial charge in [-0.3, -0.25) is 14.4 Å². The second kappa shape index (κ2) is 13.6. The van der Waals surface area contributed by atoms with Crippen LogP contribution in [0.3, 0.4) is 0 Å². The number of benzene rings is 4. The number of carbonyl (C=O) groups excluding carboxylic acids is 3. The fourth-order valence-corrected chi connectivity index (χ4v) is 5.85. The zero-order valence-corrected chi connectivity index (χ0v) is 24.4. The summed E-state index contributed by atoms with van der Waals surface area (Å²) >= 11 is 0. The molecular weight excluding hydrogens is 524 g/mol. The molecule has 0 spiro atoms. The van der Waals surface area contributed by atoms with E-state index in [0.29, 0.717) is 19.4 Å². The van der Waals surface area contributed by atoms with Crippen LogP contribution in [0.4, 0.5) is 0 Å². The molecule has 1 heterocycles. The minimum absolute atomic E-state index is 0.0722. The molecule has 2 atom stereocenters. The van der Waals surface area contributed by atoms with Gasteiger partial charge in [-0.05, 0) is 65.0 Å². The Hall–Kier alpha value is -4.23. The molecule has 0 aliphatic carbocycles. The number of nitrogens with one attached hydrogen (secondary N) is 3. The van der Waals surface area contributed by atoms with Gasteiger partial charge in [0.25, 0.3) is 0 Å². The molecule has 0 aromatic heterocycles. The fraction of sp³-hybridized carbons (Fsp3) is 0.343. The highest BCUT2D eigenvalue weighted by Gasteiger charge is 2.31. The quantitative estimate of drug-likeness (QED) is 0.269. The van der Waals surface area contributed by atoms with Crippen molar-refractivity contribution in [3.8, 4) is 0 Å². The summed E-state index contributed by atoms with van der Waals surface area (Å²) in [6.45, 7) is 3.39. The van der Waals surface area contributed by atoms with Crippen LogP contribution in [0, 0.1) is 5.92 Å². The standard InChI is InChI=1S/C35H40N4O3/c1-24(40)37-23-32(21-25-11-13-27-7-3-5-9-30(27)19-25)39(2)35(42)33(38-34(41)29-15-17-36-18-16-29)22-26-12-14-28-8-4-6-10-31(28)20-26/h3-14,19-20,29,32-33,36H,15-18,21-23H2,1-2H3,(H,37,40)(H,38,41)/t32?,33-/m1/s1. The van der Waals surface area contributed by atoms with Crippen LogP contribution in [0.1, 0.15) is 30.9 Å². The van der Waals surface area contributed by atoms with Crippen molar-refractivity contribution >= 4 is 39.3 Å². The van der Waals surface area contributed by atoms with Crippen LogP contribution in [0.5, 0.6) is 0 Å². The Balaban J connectivity index is 1.40. The SMILES string of the molecule is CC(=O)NCC(Cc1ccc2ccccc2c1)N(C)C(=O)[C@@H](Cc1ccc2ccccc2c1)NC(=O)C1CCNCC1. The van der Waals surface area contributed by atoms with Gasteiger partial charge in [0.2, 0.25) is 17.7 Å². The Labute approximate surface area is 247 Å². The Morgan fingerprint density at radius 3 is 1.93 bits per heavy atom. The topological polar surface area (TPSA) is 90.5 Å². The van der Waals surface area contributed by atoms with Crippen LogP contribution in [0.15, 0.2) is 84.9 Å². The summed E-state index contributed by atoms with van der Waals surface area (Å²) in [5.74, 6) is -0.499. The third-order valence-corrected chi connectivity index (χ3v) is 8.35. The molecule has 1 aliphatic heterocycles. The number of carbonyl (C=O) groups is 3. The van der Waals surface area contributed by atoms with Gasteiger partial charge < -0.3 is 20.9 Å². The molecular formula is C35H40N4O3. The van der Waals surface area contributed by atoms with E-state index in [2.05, 4.69) is 70.5 Å². The molecule has 0 radical (unpaired) electrons. The van der Waals surface area contributed by atoms with Crippen LogP contribution in [0.25, 0.3) is 21.5 Å². The van der Waals surface area contributed by atoms with Crippen molar-refractivity contribution in [2.24, 2.45) is 5.92 Å². The number of fused-ring (bicyclic) bond motifs is 2. The molecule has 0 saturated carbocycles. The Kier molecular flexibility index (Phi) is 9.49. The number of amides is 3. The Bertz CT molecular complexity index is 1560. The molecule has 1 unspecified atom stereocenters. The molecule has 1 saturated heterocycles. The maximum absolute atomic E-state index is 14.2. The van der Waals surface area contributed by atoms with Crippen molar-refractivity contribution < 1.29 is 14.4 Å². The van der Waals surface area contributed by atoms with Gasteiger partial charge in [-0.2, -0.15) is 0 Å². The summed E-state index contributed by atoms with van der Waals surface area (Å²) in [6.07, 6.45) is 2.46. The first kappa shape index (κ1) is 29.3. The lowest BCUT2D eigenvalue weighted by molar-refractivity contribution is -0.138. The van der Waals surface area contributed by atoms with E-state index in [1.54, 1.807) is 11.9 Å². The predicted octanol–water partition coefficient (Wildman–Crippen LogP) is 4.23. The van der Waals surface area contributed by atoms with Gasteiger partial charge in [0.05, 0.1) is 6.04 Å². The van der Waals surface area contributed by atoms with Gasteiger partial charge in [0, 0.05) is 32.9 Å². The second-order valence-corrected chi connectivity index (χ2v) is 11.4. The normalized spacial score (nSPS) is 15.2. The summed E-state index contributed by atoms with van der Waals surface area (Å²) < 4.78 is 0. The first-order chi connectivity index (χ1) is 20.4. The van der Waals surface area contributed by atoms with Gasteiger partial charge in [-0.25, -0.2) is 0 Å². The van der Waals surface area contributed by atoms with Crippen LogP contribution in [-0.2, 0) is 27.2 Å². The van der Waals surface area contributed by atoms with E-state index in [1.807, 2.05) is 30.3 Å². The van der Waals surface area contributed by atoms with Crippen molar-refractivity contribution in [1.29, 1.82) is 0 Å². The molecule has 1 fully saturated rings. The highest BCUT2D eigenvalue weighted by Crippen LogP contribution is 2.21. The van der Waals surface area contributed by atoms with Crippen molar-refractivity contribution in [3.63, 3.8) is 0 Å². The predicted molar refractivity (Wildman–Crippen MR) is 168 cm³/mol. The van der Waals surface area contributed by atoms with Gasteiger partial charge in [-0.1, -0.05) is 84.9 Å². The fourth-order valence-electron chi connectivity index (χ4n) is 5.85. The molecule has 0 bridgehead atoms. The maximum Gasteiger partial charge on any atom is 0.245 e. The third-order valence-electron chi connectivity index (χ3n) is 8.35. The molecule has 1 aliphatic rings. The minimum atomic E-state index is -0.727. The molecule has 7 nitrogen and oxygen atoms in total. The van der Waals surface area contributed by atoms with Crippen LogP contribution >= 0.6 is 0 Å². The third kappa shape index (κ3) is 7.34. The highest BCUT2D eigenvalue weighted by molar-refractivity contribution is 5.89. The molecule has 218 valence electrons. The molecule has 7 heteroatoms. The number of hydrogen-bond acceptors (Lipinski definition) is 4. The van der Waals surface area contributed by atoms with E-state index >= 15 is 0 Å². The first-order valence-corrected chi connectivity index (χ1v) is 14.8. The van der Waals surface area contributed by atoms with Crippen molar-refractivity contribution in [3.05, 3.63) is 96.1 Å². The zero-order valence-electron chi connectivity index (χ0n) is 24.4. The summed E-state index contributed by atoms with van der Waals surface area (Å²) in [6, 6.07) is 27.8. The smallest absolute Gasteiger partial charge is 0.245 e. The maximum atomic E-state index is 14.2. The van der Waals surface area contributed by atoms with E-state index in [-0.39, 0.29) is 29.7 Å². The van der Waals surface area contributed by atoms with Crippen LogP contribution < -0.4 is 16.0 Å². The van der Waals surface area contributed by atoms with E-state index in [1.165, 1.54) is 6.92 Å². The summed E-state index contributed by atoms with van der Waals surface area (Å²) in [4.78, 5) is 41.2. The number of piperidine rings is 1. The van der Waals surface area contributed by atoms with Crippen molar-refractivity contribution in [2.75, 3.05) is 26.7 Å². The monoisotopic (exact) mass is 564 g/mol. The highest BCUT2D eigenvalue weighted by atomic mass is 16.2. The van der Waals surface area contributed by atoms with Gasteiger partial charge >= 0.3 is 0 Å². The second-order valence-electron chi connectivity index (χ2n) is 11.4. The molecule has 3 amide bonds. The summed E-state index contributed by atoms with van der Waals surface area (Å²) in [5.41, 5.74) is 2.06. The summed E-state index contributed by atoms with van der Waals surface area (Å²) in [5, 5.41) is 13.9. The number of likely N-dealkylation sites (N-methyl/N-ethyl adjacent to an activating group) is 1. The van der Waals surface area contributed by atoms with Gasteiger partial charge in [0.15, 0.2) is 0 Å². The lowest BCUT2D eigenvalue weighted by Crippen LogP contribution is -2.55. The molecule has 4 aromatic carbocycles. The number of nitrogens with zero attached hydrogens (tertiary/aromatic N) is 1. The average molecular weight is 565 g/mol. The van der Waals surface area contributed by atoms with E-state index in [4.69, 9.17) is 0 Å². The Morgan fingerprint density at radius 2 is 1.36 bits per heavy atom. The van der Waals surface area contributed by atoms with Crippen molar-refractivity contribution in [1.82, 2.24) is 20.9 Å². The number of rotatable bonds is 10. The molecule has 3 N–H and O–H groups in total.